The van der Waals surface area contributed by atoms with Crippen molar-refractivity contribution in [2.75, 3.05) is 26.2 Å². The smallest absolute Gasteiger partial charge is 0.303 e. The average molecular weight is 200 g/mol. The molecule has 0 aromatic carbocycles. The molecule has 0 aromatic rings. The molecule has 1 aliphatic heterocycles. The van der Waals surface area contributed by atoms with Gasteiger partial charge in [0, 0.05) is 19.0 Å². The van der Waals surface area contributed by atoms with E-state index in [1.165, 1.54) is 0 Å². The van der Waals surface area contributed by atoms with Crippen LogP contribution in [0.3, 0.4) is 0 Å². The van der Waals surface area contributed by atoms with Crippen LogP contribution in [0.1, 0.15) is 26.2 Å². The standard InChI is InChI=1S/C10H20N2O2/c1-2-12-7-3-6-11-8-9(12)4-5-10(13)14/h9,11H,2-8H2,1H3,(H,13,14). The number of aliphatic carboxylic acids is 1. The second-order valence-corrected chi connectivity index (χ2v) is 3.77. The molecule has 1 rings (SSSR count). The van der Waals surface area contributed by atoms with Gasteiger partial charge in [0.15, 0.2) is 0 Å². The Morgan fingerprint density at radius 2 is 2.43 bits per heavy atom. The summed E-state index contributed by atoms with van der Waals surface area (Å²) in [4.78, 5) is 12.9. The largest absolute Gasteiger partial charge is 0.481 e. The van der Waals surface area contributed by atoms with Crippen molar-refractivity contribution in [3.63, 3.8) is 0 Å². The SMILES string of the molecule is CCN1CCCNCC1CCC(=O)O. The summed E-state index contributed by atoms with van der Waals surface area (Å²) >= 11 is 0. The predicted molar refractivity (Wildman–Crippen MR) is 55.4 cm³/mol. The lowest BCUT2D eigenvalue weighted by molar-refractivity contribution is -0.137. The van der Waals surface area contributed by atoms with Crippen LogP contribution in [0.4, 0.5) is 0 Å². The van der Waals surface area contributed by atoms with Gasteiger partial charge in [0.1, 0.15) is 0 Å². The van der Waals surface area contributed by atoms with Gasteiger partial charge in [0.2, 0.25) is 0 Å². The molecule has 0 saturated carbocycles. The molecule has 0 aromatic heterocycles. The van der Waals surface area contributed by atoms with Crippen LogP contribution in [-0.4, -0.2) is 48.2 Å². The molecule has 1 aliphatic rings. The van der Waals surface area contributed by atoms with Crippen molar-refractivity contribution < 1.29 is 9.90 Å². The van der Waals surface area contributed by atoms with Crippen molar-refractivity contribution >= 4 is 5.97 Å². The zero-order chi connectivity index (χ0) is 10.4. The van der Waals surface area contributed by atoms with Crippen LogP contribution in [-0.2, 0) is 4.79 Å². The Bertz CT molecular complexity index is 185. The van der Waals surface area contributed by atoms with E-state index in [1.807, 2.05) is 0 Å². The fourth-order valence-electron chi connectivity index (χ4n) is 1.98. The monoisotopic (exact) mass is 200 g/mol. The molecule has 0 bridgehead atoms. The Morgan fingerprint density at radius 3 is 3.07 bits per heavy atom. The van der Waals surface area contributed by atoms with Gasteiger partial charge in [0.05, 0.1) is 0 Å². The molecule has 0 amide bonds. The van der Waals surface area contributed by atoms with Crippen LogP contribution in [0.2, 0.25) is 0 Å². The first-order valence-corrected chi connectivity index (χ1v) is 5.40. The predicted octanol–water partition coefficient (Wildman–Crippen LogP) is 0.535. The highest BCUT2D eigenvalue weighted by atomic mass is 16.4. The number of hydrogen-bond donors (Lipinski definition) is 2. The maximum atomic E-state index is 10.5. The maximum absolute atomic E-state index is 10.5. The van der Waals surface area contributed by atoms with Gasteiger partial charge in [-0.15, -0.1) is 0 Å². The fourth-order valence-corrected chi connectivity index (χ4v) is 1.98. The molecule has 1 unspecified atom stereocenters. The van der Waals surface area contributed by atoms with Gasteiger partial charge >= 0.3 is 5.97 Å². The lowest BCUT2D eigenvalue weighted by atomic mass is 10.1. The minimum absolute atomic E-state index is 0.281. The molecule has 2 N–H and O–H groups in total. The van der Waals surface area contributed by atoms with Crippen molar-refractivity contribution in [1.29, 1.82) is 0 Å². The minimum atomic E-state index is -0.690. The number of hydrogen-bond acceptors (Lipinski definition) is 3. The molecule has 0 radical (unpaired) electrons. The van der Waals surface area contributed by atoms with E-state index in [4.69, 9.17) is 5.11 Å². The summed E-state index contributed by atoms with van der Waals surface area (Å²) in [5.74, 6) is -0.690. The van der Waals surface area contributed by atoms with Gasteiger partial charge in [-0.3, -0.25) is 9.69 Å². The minimum Gasteiger partial charge on any atom is -0.481 e. The topological polar surface area (TPSA) is 52.6 Å². The number of likely N-dealkylation sites (N-methyl/N-ethyl adjacent to an activating group) is 1. The van der Waals surface area contributed by atoms with Gasteiger partial charge in [-0.05, 0) is 32.5 Å². The summed E-state index contributed by atoms with van der Waals surface area (Å²) in [5, 5.41) is 12.0. The summed E-state index contributed by atoms with van der Waals surface area (Å²) in [6.45, 7) is 6.24. The first kappa shape index (κ1) is 11.5. The van der Waals surface area contributed by atoms with Crippen LogP contribution < -0.4 is 5.32 Å². The van der Waals surface area contributed by atoms with Crippen LogP contribution in [0.5, 0.6) is 0 Å². The summed E-state index contributed by atoms with van der Waals surface area (Å²) in [5.41, 5.74) is 0. The van der Waals surface area contributed by atoms with E-state index in [0.717, 1.165) is 39.0 Å². The third-order valence-corrected chi connectivity index (χ3v) is 2.79. The number of rotatable bonds is 4. The van der Waals surface area contributed by atoms with Crippen LogP contribution >= 0.6 is 0 Å². The third-order valence-electron chi connectivity index (χ3n) is 2.79. The van der Waals surface area contributed by atoms with Crippen LogP contribution in [0.25, 0.3) is 0 Å². The molecule has 82 valence electrons. The molecule has 1 fully saturated rings. The first-order valence-electron chi connectivity index (χ1n) is 5.40. The highest BCUT2D eigenvalue weighted by molar-refractivity contribution is 5.66. The van der Waals surface area contributed by atoms with Crippen LogP contribution in [0, 0.1) is 0 Å². The van der Waals surface area contributed by atoms with E-state index in [-0.39, 0.29) is 6.42 Å². The molecule has 1 saturated heterocycles. The molecule has 0 spiro atoms. The third kappa shape index (κ3) is 3.64. The first-order chi connectivity index (χ1) is 6.74. The maximum Gasteiger partial charge on any atom is 0.303 e. The molecule has 4 heteroatoms. The number of nitrogens with zero attached hydrogens (tertiary/aromatic N) is 1. The highest BCUT2D eigenvalue weighted by Crippen LogP contribution is 2.09. The zero-order valence-corrected chi connectivity index (χ0v) is 8.83. The van der Waals surface area contributed by atoms with Crippen molar-refractivity contribution in [1.82, 2.24) is 10.2 Å². The number of carbonyl (C=O) groups is 1. The van der Waals surface area contributed by atoms with Gasteiger partial charge in [-0.25, -0.2) is 0 Å². The number of carboxylic acids is 1. The Balaban J connectivity index is 2.39. The molecule has 4 nitrogen and oxygen atoms in total. The molecule has 14 heavy (non-hydrogen) atoms. The van der Waals surface area contributed by atoms with Crippen molar-refractivity contribution in [3.05, 3.63) is 0 Å². The van der Waals surface area contributed by atoms with E-state index in [0.29, 0.717) is 6.04 Å². The van der Waals surface area contributed by atoms with E-state index >= 15 is 0 Å². The zero-order valence-electron chi connectivity index (χ0n) is 8.83. The fraction of sp³-hybridized carbons (Fsp3) is 0.900. The molecule has 1 heterocycles. The van der Waals surface area contributed by atoms with Gasteiger partial charge < -0.3 is 10.4 Å². The van der Waals surface area contributed by atoms with E-state index in [9.17, 15) is 4.79 Å². The number of nitrogens with one attached hydrogen (secondary N) is 1. The Morgan fingerprint density at radius 1 is 1.64 bits per heavy atom. The summed E-state index contributed by atoms with van der Waals surface area (Å²) in [6, 6.07) is 0.401. The second-order valence-electron chi connectivity index (χ2n) is 3.77. The summed E-state index contributed by atoms with van der Waals surface area (Å²) < 4.78 is 0. The van der Waals surface area contributed by atoms with E-state index in [1.54, 1.807) is 0 Å². The summed E-state index contributed by atoms with van der Waals surface area (Å²) in [6.07, 6.45) is 2.20. The molecular weight excluding hydrogens is 180 g/mol. The van der Waals surface area contributed by atoms with Gasteiger partial charge in [-0.2, -0.15) is 0 Å². The van der Waals surface area contributed by atoms with Crippen molar-refractivity contribution in [2.45, 2.75) is 32.2 Å². The molecular formula is C10H20N2O2. The summed E-state index contributed by atoms with van der Waals surface area (Å²) in [7, 11) is 0. The van der Waals surface area contributed by atoms with Gasteiger partial charge in [0.25, 0.3) is 0 Å². The highest BCUT2D eigenvalue weighted by Gasteiger charge is 2.19. The van der Waals surface area contributed by atoms with Gasteiger partial charge in [-0.1, -0.05) is 6.92 Å². The normalized spacial score (nSPS) is 24.5. The number of carboxylic acid groups (broad SMARTS) is 1. The van der Waals surface area contributed by atoms with Crippen LogP contribution in [0.15, 0.2) is 0 Å². The molecule has 1 atom stereocenters. The molecule has 0 aliphatic carbocycles. The average Bonchev–Trinajstić information content (AvgIpc) is 2.38. The van der Waals surface area contributed by atoms with Crippen molar-refractivity contribution in [3.8, 4) is 0 Å². The lowest BCUT2D eigenvalue weighted by Gasteiger charge is -2.27. The van der Waals surface area contributed by atoms with E-state index in [2.05, 4.69) is 17.1 Å². The van der Waals surface area contributed by atoms with E-state index < -0.39 is 5.97 Å². The Hall–Kier alpha value is -0.610. The quantitative estimate of drug-likeness (QED) is 0.695. The lowest BCUT2D eigenvalue weighted by Crippen LogP contribution is -2.39. The Kier molecular flexibility index (Phi) is 4.90. The van der Waals surface area contributed by atoms with Crippen molar-refractivity contribution in [2.24, 2.45) is 0 Å². The Labute approximate surface area is 85.3 Å². The second kappa shape index (κ2) is 5.98.